The smallest absolute Gasteiger partial charge is 0.233 e. The number of nitrogens with zero attached hydrogens (tertiary/aromatic N) is 5. The predicted octanol–water partition coefficient (Wildman–Crippen LogP) is 1.36. The standard InChI is InChI=1S/C22H25N7O2.HI/c1-23-22(27-12-14-2-5-17(26-11-14)28-8-6-24-13-28)25-7-9-29-20(30)18-15-3-4-16(10-15)19(18)21(29)31;/h2-6,8,11,13,15-16,18-19H,7,9-10,12H2,1H3,(H2,23,25,27);1H. The first kappa shape index (κ1) is 22.4. The molecule has 0 aromatic carbocycles. The Morgan fingerprint density at radius 3 is 2.50 bits per heavy atom. The molecule has 2 aliphatic carbocycles. The van der Waals surface area contributed by atoms with Gasteiger partial charge in [-0.15, -0.1) is 24.0 Å². The lowest BCUT2D eigenvalue weighted by Gasteiger charge is -2.18. The Morgan fingerprint density at radius 1 is 1.16 bits per heavy atom. The highest BCUT2D eigenvalue weighted by atomic mass is 127. The maximum absolute atomic E-state index is 12.7. The zero-order chi connectivity index (χ0) is 21.4. The number of carbonyl (C=O) groups is 2. The molecule has 5 rings (SSSR count). The minimum Gasteiger partial charge on any atom is -0.355 e. The average molecular weight is 547 g/mol. The summed E-state index contributed by atoms with van der Waals surface area (Å²) in [4.78, 5) is 39.6. The predicted molar refractivity (Wildman–Crippen MR) is 129 cm³/mol. The highest BCUT2D eigenvalue weighted by Crippen LogP contribution is 2.52. The number of aliphatic imine (C=N–C) groups is 1. The topological polar surface area (TPSA) is 105 Å². The summed E-state index contributed by atoms with van der Waals surface area (Å²) in [7, 11) is 1.69. The van der Waals surface area contributed by atoms with Crippen LogP contribution in [-0.4, -0.2) is 57.3 Å². The van der Waals surface area contributed by atoms with Crippen LogP contribution in [0.1, 0.15) is 12.0 Å². The number of halogens is 1. The fraction of sp³-hybridized carbons (Fsp3) is 0.409. The number of fused-ring (bicyclic) bond motifs is 5. The van der Waals surface area contributed by atoms with Crippen molar-refractivity contribution in [2.24, 2.45) is 28.7 Å². The summed E-state index contributed by atoms with van der Waals surface area (Å²) in [5.74, 6) is 1.59. The van der Waals surface area contributed by atoms with E-state index >= 15 is 0 Å². The van der Waals surface area contributed by atoms with Crippen LogP contribution in [0.5, 0.6) is 0 Å². The molecule has 1 aliphatic heterocycles. The molecule has 2 aromatic rings. The molecule has 168 valence electrons. The van der Waals surface area contributed by atoms with Crippen molar-refractivity contribution in [2.45, 2.75) is 13.0 Å². The molecule has 0 radical (unpaired) electrons. The number of carbonyl (C=O) groups excluding carboxylic acids is 2. The van der Waals surface area contributed by atoms with E-state index in [1.165, 1.54) is 4.90 Å². The van der Waals surface area contributed by atoms with Gasteiger partial charge in [0.2, 0.25) is 11.8 Å². The van der Waals surface area contributed by atoms with Gasteiger partial charge in [0.15, 0.2) is 5.96 Å². The second kappa shape index (κ2) is 9.39. The third kappa shape index (κ3) is 4.03. The second-order valence-corrected chi connectivity index (χ2v) is 8.18. The maximum atomic E-state index is 12.7. The van der Waals surface area contributed by atoms with Crippen LogP contribution in [-0.2, 0) is 16.1 Å². The molecule has 32 heavy (non-hydrogen) atoms. The van der Waals surface area contributed by atoms with Crippen molar-refractivity contribution in [3.63, 3.8) is 0 Å². The van der Waals surface area contributed by atoms with Crippen LogP contribution in [0.4, 0.5) is 0 Å². The van der Waals surface area contributed by atoms with Crippen LogP contribution in [0.2, 0.25) is 0 Å². The fourth-order valence-electron chi connectivity index (χ4n) is 4.95. The third-order valence-electron chi connectivity index (χ3n) is 6.45. The van der Waals surface area contributed by atoms with Gasteiger partial charge in [-0.25, -0.2) is 9.97 Å². The monoisotopic (exact) mass is 547 g/mol. The number of imidazole rings is 1. The number of likely N-dealkylation sites (tertiary alicyclic amines) is 1. The number of pyridine rings is 1. The van der Waals surface area contributed by atoms with Crippen LogP contribution >= 0.6 is 24.0 Å². The Hall–Kier alpha value is -2.76. The van der Waals surface area contributed by atoms with Crippen molar-refractivity contribution in [1.82, 2.24) is 30.1 Å². The Bertz CT molecular complexity index is 1010. The van der Waals surface area contributed by atoms with E-state index < -0.39 is 0 Å². The van der Waals surface area contributed by atoms with Gasteiger partial charge in [-0.3, -0.25) is 24.0 Å². The number of aromatic nitrogens is 3. The minimum atomic E-state index is -0.141. The molecule has 2 aromatic heterocycles. The van der Waals surface area contributed by atoms with Crippen molar-refractivity contribution in [3.05, 3.63) is 54.8 Å². The van der Waals surface area contributed by atoms with E-state index in [0.29, 0.717) is 25.6 Å². The van der Waals surface area contributed by atoms with Crippen molar-refractivity contribution in [2.75, 3.05) is 20.1 Å². The maximum Gasteiger partial charge on any atom is 0.233 e. The first-order valence-electron chi connectivity index (χ1n) is 10.6. The number of imide groups is 1. The van der Waals surface area contributed by atoms with Gasteiger partial charge in [0.25, 0.3) is 0 Å². The zero-order valence-electron chi connectivity index (χ0n) is 17.7. The minimum absolute atomic E-state index is 0. The van der Waals surface area contributed by atoms with Gasteiger partial charge in [-0.1, -0.05) is 18.2 Å². The molecule has 9 nitrogen and oxygen atoms in total. The molecule has 3 heterocycles. The number of hydrogen-bond donors (Lipinski definition) is 2. The van der Waals surface area contributed by atoms with Gasteiger partial charge in [-0.05, 0) is 29.9 Å². The first-order valence-corrected chi connectivity index (χ1v) is 10.6. The molecular weight excluding hydrogens is 521 g/mol. The fourth-order valence-corrected chi connectivity index (χ4v) is 4.95. The van der Waals surface area contributed by atoms with E-state index in [4.69, 9.17) is 0 Å². The van der Waals surface area contributed by atoms with Gasteiger partial charge in [0, 0.05) is 45.3 Å². The Kier molecular flexibility index (Phi) is 6.58. The number of rotatable bonds is 6. The van der Waals surface area contributed by atoms with Crippen molar-refractivity contribution < 1.29 is 9.59 Å². The molecular formula is C22H26IN7O2. The highest BCUT2D eigenvalue weighted by Gasteiger charge is 2.58. The lowest BCUT2D eigenvalue weighted by Crippen LogP contribution is -2.43. The summed E-state index contributed by atoms with van der Waals surface area (Å²) in [5, 5.41) is 6.42. The van der Waals surface area contributed by atoms with Crippen LogP contribution in [0.15, 0.2) is 54.2 Å². The highest BCUT2D eigenvalue weighted by molar-refractivity contribution is 14.0. The molecule has 1 saturated carbocycles. The molecule has 3 aliphatic rings. The summed E-state index contributed by atoms with van der Waals surface area (Å²) in [5.41, 5.74) is 1.01. The van der Waals surface area contributed by atoms with E-state index in [0.717, 1.165) is 17.8 Å². The van der Waals surface area contributed by atoms with Gasteiger partial charge in [-0.2, -0.15) is 0 Å². The summed E-state index contributed by atoms with van der Waals surface area (Å²) in [6.07, 6.45) is 12.2. The van der Waals surface area contributed by atoms with Gasteiger partial charge < -0.3 is 10.6 Å². The van der Waals surface area contributed by atoms with Gasteiger partial charge >= 0.3 is 0 Å². The van der Waals surface area contributed by atoms with Crippen LogP contribution in [0, 0.1) is 23.7 Å². The SMILES string of the molecule is CN=C(NCCN1C(=O)C2C3C=CC(C3)C2C1=O)NCc1ccc(-n2ccnc2)nc1.I. The van der Waals surface area contributed by atoms with E-state index in [1.54, 1.807) is 25.8 Å². The van der Waals surface area contributed by atoms with Crippen LogP contribution in [0.25, 0.3) is 5.82 Å². The van der Waals surface area contributed by atoms with E-state index in [-0.39, 0.29) is 59.5 Å². The number of allylic oxidation sites excluding steroid dienone is 2. The molecule has 1 saturated heterocycles. The normalized spacial score (nSPS) is 25.8. The Morgan fingerprint density at radius 2 is 1.91 bits per heavy atom. The summed E-state index contributed by atoms with van der Waals surface area (Å²) < 4.78 is 1.84. The summed E-state index contributed by atoms with van der Waals surface area (Å²) in [6.45, 7) is 1.36. The van der Waals surface area contributed by atoms with E-state index in [2.05, 4.69) is 37.7 Å². The van der Waals surface area contributed by atoms with E-state index in [1.807, 2.05) is 22.9 Å². The third-order valence-corrected chi connectivity index (χ3v) is 6.45. The molecule has 2 amide bonds. The number of guanidine groups is 1. The second-order valence-electron chi connectivity index (χ2n) is 8.18. The Balaban J connectivity index is 0.00000245. The summed E-state index contributed by atoms with van der Waals surface area (Å²) >= 11 is 0. The molecule has 4 atom stereocenters. The average Bonchev–Trinajstić information content (AvgIpc) is 3.58. The van der Waals surface area contributed by atoms with Crippen molar-refractivity contribution in [3.8, 4) is 5.82 Å². The quantitative estimate of drug-likeness (QED) is 0.186. The number of nitrogens with one attached hydrogen (secondary N) is 2. The molecule has 4 unspecified atom stereocenters. The van der Waals surface area contributed by atoms with Crippen LogP contribution in [0.3, 0.4) is 0 Å². The Labute approximate surface area is 203 Å². The van der Waals surface area contributed by atoms with Gasteiger partial charge in [0.1, 0.15) is 12.1 Å². The molecule has 10 heteroatoms. The molecule has 2 bridgehead atoms. The molecule has 2 fully saturated rings. The van der Waals surface area contributed by atoms with Crippen LogP contribution < -0.4 is 10.6 Å². The van der Waals surface area contributed by atoms with Crippen molar-refractivity contribution in [1.29, 1.82) is 0 Å². The molecule has 0 spiro atoms. The van der Waals surface area contributed by atoms with Crippen molar-refractivity contribution >= 4 is 41.8 Å². The lowest BCUT2D eigenvalue weighted by molar-refractivity contribution is -0.140. The van der Waals surface area contributed by atoms with E-state index in [9.17, 15) is 9.59 Å². The number of hydrogen-bond acceptors (Lipinski definition) is 5. The zero-order valence-corrected chi connectivity index (χ0v) is 20.0. The number of amides is 2. The molecule has 2 N–H and O–H groups in total. The lowest BCUT2D eigenvalue weighted by atomic mass is 9.85. The van der Waals surface area contributed by atoms with Gasteiger partial charge in [0.05, 0.1) is 11.8 Å². The first-order chi connectivity index (χ1) is 15.2. The summed E-state index contributed by atoms with van der Waals surface area (Å²) in [6, 6.07) is 3.92. The largest absolute Gasteiger partial charge is 0.355 e.